The number of ketones is 2. The summed E-state index contributed by atoms with van der Waals surface area (Å²) in [6.07, 6.45) is 4.04. The van der Waals surface area contributed by atoms with Gasteiger partial charge in [-0.05, 0) is 55.9 Å². The van der Waals surface area contributed by atoms with Crippen LogP contribution in [0.1, 0.15) is 65.7 Å². The van der Waals surface area contributed by atoms with Crippen molar-refractivity contribution in [3.8, 4) is 0 Å². The zero-order valence-corrected chi connectivity index (χ0v) is 17.5. The lowest BCUT2D eigenvalue weighted by Gasteiger charge is -2.62. The van der Waals surface area contributed by atoms with Gasteiger partial charge in [-0.1, -0.05) is 19.4 Å². The van der Waals surface area contributed by atoms with E-state index in [1.54, 1.807) is 6.08 Å². The van der Waals surface area contributed by atoms with E-state index >= 15 is 4.39 Å². The van der Waals surface area contributed by atoms with Crippen molar-refractivity contribution in [2.75, 3.05) is 6.61 Å². The Labute approximate surface area is 171 Å². The van der Waals surface area contributed by atoms with Crippen LogP contribution >= 0.6 is 0 Å². The number of carbonyl (C=O) groups excluding carboxylic acids is 3. The molecule has 3 fully saturated rings. The Morgan fingerprint density at radius 2 is 1.93 bits per heavy atom. The van der Waals surface area contributed by atoms with Gasteiger partial charge in [0.1, 0.15) is 12.3 Å². The third kappa shape index (κ3) is 2.77. The number of aliphatic hydroxyl groups is 1. The number of hydrogen-bond acceptors (Lipinski definition) is 5. The van der Waals surface area contributed by atoms with Crippen molar-refractivity contribution in [2.45, 2.75) is 77.5 Å². The van der Waals surface area contributed by atoms with Gasteiger partial charge in [0.25, 0.3) is 0 Å². The largest absolute Gasteiger partial charge is 0.458 e. The third-order valence-corrected chi connectivity index (χ3v) is 8.84. The smallest absolute Gasteiger partial charge is 0.303 e. The van der Waals surface area contributed by atoms with Crippen LogP contribution in [0.2, 0.25) is 0 Å². The number of esters is 1. The number of halogens is 1. The Morgan fingerprint density at radius 3 is 2.62 bits per heavy atom. The van der Waals surface area contributed by atoms with Crippen LogP contribution in [-0.4, -0.2) is 41.0 Å². The lowest BCUT2D eigenvalue weighted by Crippen LogP contribution is -2.67. The molecule has 0 bridgehead atoms. The van der Waals surface area contributed by atoms with Crippen LogP contribution in [-0.2, 0) is 19.1 Å². The van der Waals surface area contributed by atoms with Crippen molar-refractivity contribution < 1.29 is 28.6 Å². The lowest BCUT2D eigenvalue weighted by molar-refractivity contribution is -0.208. The molecule has 0 amide bonds. The minimum Gasteiger partial charge on any atom is -0.458 e. The van der Waals surface area contributed by atoms with Gasteiger partial charge in [-0.25, -0.2) is 4.39 Å². The Morgan fingerprint density at radius 1 is 1.21 bits per heavy atom. The number of fused-ring (bicyclic) bond motifs is 5. The van der Waals surface area contributed by atoms with E-state index in [1.165, 1.54) is 6.92 Å². The fourth-order valence-corrected chi connectivity index (χ4v) is 7.37. The van der Waals surface area contributed by atoms with Crippen molar-refractivity contribution in [3.63, 3.8) is 0 Å². The highest BCUT2D eigenvalue weighted by Crippen LogP contribution is 2.69. The summed E-state index contributed by atoms with van der Waals surface area (Å²) in [6.45, 7) is 4.90. The Kier molecular flexibility index (Phi) is 4.80. The van der Waals surface area contributed by atoms with Crippen molar-refractivity contribution in [3.05, 3.63) is 11.6 Å². The van der Waals surface area contributed by atoms with Gasteiger partial charge in [-0.3, -0.25) is 14.4 Å². The molecule has 0 spiro atoms. The molecule has 4 rings (SSSR count). The Balaban J connectivity index is 1.66. The molecule has 1 N–H and O–H groups in total. The molecule has 3 saturated carbocycles. The molecule has 4 aliphatic carbocycles. The number of ether oxygens (including phenoxy) is 1. The van der Waals surface area contributed by atoms with Gasteiger partial charge in [0, 0.05) is 30.6 Å². The molecule has 0 aromatic heterocycles. The second-order valence-corrected chi connectivity index (χ2v) is 10.1. The van der Waals surface area contributed by atoms with E-state index in [-0.39, 0.29) is 42.3 Å². The van der Waals surface area contributed by atoms with E-state index in [1.807, 2.05) is 13.8 Å². The summed E-state index contributed by atoms with van der Waals surface area (Å²) in [7, 11) is 0. The topological polar surface area (TPSA) is 80.7 Å². The average molecular weight is 406 g/mol. The van der Waals surface area contributed by atoms with E-state index in [4.69, 9.17) is 4.74 Å². The van der Waals surface area contributed by atoms with Crippen LogP contribution in [0.4, 0.5) is 4.39 Å². The molecule has 0 aromatic carbocycles. The summed E-state index contributed by atoms with van der Waals surface area (Å²) in [5, 5.41) is 11.2. The van der Waals surface area contributed by atoms with E-state index in [0.29, 0.717) is 32.1 Å². The van der Waals surface area contributed by atoms with Crippen LogP contribution in [0.25, 0.3) is 0 Å². The van der Waals surface area contributed by atoms with E-state index in [2.05, 4.69) is 0 Å². The molecule has 6 heteroatoms. The van der Waals surface area contributed by atoms with E-state index in [9.17, 15) is 19.5 Å². The van der Waals surface area contributed by atoms with Crippen LogP contribution in [0.5, 0.6) is 0 Å². The predicted octanol–water partition coefficient (Wildman–Crippen LogP) is 3.33. The van der Waals surface area contributed by atoms with Gasteiger partial charge in [-0.15, -0.1) is 0 Å². The first-order chi connectivity index (χ1) is 13.5. The first-order valence-corrected chi connectivity index (χ1v) is 10.8. The molecule has 0 aromatic rings. The van der Waals surface area contributed by atoms with E-state index in [0.717, 1.165) is 12.0 Å². The van der Waals surface area contributed by atoms with Crippen molar-refractivity contribution >= 4 is 17.5 Å². The fraction of sp³-hybridized carbons (Fsp3) is 0.783. The van der Waals surface area contributed by atoms with Gasteiger partial charge in [-0.2, -0.15) is 0 Å². The van der Waals surface area contributed by atoms with Gasteiger partial charge < -0.3 is 9.84 Å². The van der Waals surface area contributed by atoms with Crippen LogP contribution in [0.15, 0.2) is 11.6 Å². The molecule has 0 saturated heterocycles. The highest BCUT2D eigenvalue weighted by molar-refractivity contribution is 5.91. The number of hydrogen-bond donors (Lipinski definition) is 1. The summed E-state index contributed by atoms with van der Waals surface area (Å²) in [5.74, 6) is -1.24. The number of allylic oxidation sites excluding steroid dienone is 1. The second-order valence-electron chi connectivity index (χ2n) is 10.1. The van der Waals surface area contributed by atoms with Crippen LogP contribution in [0, 0.1) is 28.6 Å². The minimum atomic E-state index is -1.78. The first-order valence-electron chi connectivity index (χ1n) is 10.8. The molecule has 29 heavy (non-hydrogen) atoms. The monoisotopic (exact) mass is 406 g/mol. The van der Waals surface area contributed by atoms with Crippen LogP contribution < -0.4 is 0 Å². The fourth-order valence-electron chi connectivity index (χ4n) is 7.37. The number of rotatable bonds is 3. The van der Waals surface area contributed by atoms with Gasteiger partial charge in [0.05, 0.1) is 6.10 Å². The molecule has 0 aliphatic heterocycles. The molecular formula is C23H31FO5. The summed E-state index contributed by atoms with van der Waals surface area (Å²) >= 11 is 0. The molecule has 4 aliphatic rings. The molecule has 5 nitrogen and oxygen atoms in total. The number of carbonyl (C=O) groups is 3. The zero-order chi connectivity index (χ0) is 21.2. The van der Waals surface area contributed by atoms with Gasteiger partial charge in [0.15, 0.2) is 11.6 Å². The predicted molar refractivity (Wildman–Crippen MR) is 104 cm³/mol. The quantitative estimate of drug-likeness (QED) is 0.727. The Bertz CT molecular complexity index is 790. The van der Waals surface area contributed by atoms with Crippen molar-refractivity contribution in [1.82, 2.24) is 0 Å². The van der Waals surface area contributed by atoms with E-state index < -0.39 is 28.6 Å². The average Bonchev–Trinajstić information content (AvgIpc) is 2.98. The molecule has 160 valence electrons. The Hall–Kier alpha value is -1.56. The highest BCUT2D eigenvalue weighted by atomic mass is 19.1. The maximum atomic E-state index is 16.9. The summed E-state index contributed by atoms with van der Waals surface area (Å²) in [4.78, 5) is 35.8. The number of aliphatic hydroxyl groups excluding tert-OH is 1. The maximum Gasteiger partial charge on any atom is 0.303 e. The van der Waals surface area contributed by atoms with Gasteiger partial charge in [0.2, 0.25) is 0 Å². The molecule has 7 atom stereocenters. The first kappa shape index (κ1) is 20.7. The van der Waals surface area contributed by atoms with Crippen molar-refractivity contribution in [1.29, 1.82) is 0 Å². The molecule has 0 radical (unpaired) electrons. The molecular weight excluding hydrogens is 375 g/mol. The molecule has 0 heterocycles. The number of alkyl halides is 1. The SMILES string of the molecule is CC(=O)OCC(=O)[C@H]1CC[C@H]2[C@@H]3CCC4=CC(=O)CC[C@]4(C)[C@@]3(F)C(O)C[C@]12C. The van der Waals surface area contributed by atoms with Crippen LogP contribution in [0.3, 0.4) is 0 Å². The standard InChI is InChI=1S/C23H31FO5/c1-13(25)29-12-19(27)18-7-6-16-17-5-4-14-10-15(26)8-9-22(14,3)23(17,24)20(28)11-21(16,18)2/h10,16-18,20,28H,4-9,11-12H2,1-3H3/t16-,17-,18+,20?,21-,22-,23-/m0/s1. The second kappa shape index (κ2) is 6.73. The third-order valence-electron chi connectivity index (χ3n) is 8.84. The lowest BCUT2D eigenvalue weighted by atomic mass is 9.44. The summed E-state index contributed by atoms with van der Waals surface area (Å²) < 4.78 is 21.8. The normalized spacial score (nSPS) is 46.2. The molecule has 1 unspecified atom stereocenters. The summed E-state index contributed by atoms with van der Waals surface area (Å²) in [6, 6.07) is 0. The van der Waals surface area contributed by atoms with Gasteiger partial charge >= 0.3 is 5.97 Å². The highest BCUT2D eigenvalue weighted by Gasteiger charge is 2.71. The minimum absolute atomic E-state index is 0.00168. The maximum absolute atomic E-state index is 16.9. The summed E-state index contributed by atoms with van der Waals surface area (Å²) in [5.41, 5.74) is -2.27. The zero-order valence-electron chi connectivity index (χ0n) is 17.5. The number of Topliss-reactive ketones (excluding diaryl/α,β-unsaturated/α-hetero) is 1. The van der Waals surface area contributed by atoms with Crippen molar-refractivity contribution in [2.24, 2.45) is 28.6 Å².